The van der Waals surface area contributed by atoms with Crippen LogP contribution in [0.3, 0.4) is 0 Å². The van der Waals surface area contributed by atoms with E-state index in [1.807, 2.05) is 0 Å². The van der Waals surface area contributed by atoms with Gasteiger partial charge in [0.15, 0.2) is 6.10 Å². The van der Waals surface area contributed by atoms with E-state index in [1.165, 1.54) is 64.2 Å². The fourth-order valence-corrected chi connectivity index (χ4v) is 8.10. The fourth-order valence-electron chi connectivity index (χ4n) is 8.10. The summed E-state index contributed by atoms with van der Waals surface area (Å²) in [5, 5.41) is 0. The number of ether oxygens (including phenoxy) is 3. The zero-order valence-corrected chi connectivity index (χ0v) is 50.1. The first kappa shape index (κ1) is 73.0. The molecule has 0 N–H and O–H groups in total. The molecule has 0 aromatic rings. The number of carbonyl (C=O) groups excluding carboxylic acids is 3. The Bertz CT molecular complexity index is 1760. The summed E-state index contributed by atoms with van der Waals surface area (Å²) in [5.41, 5.74) is 0. The summed E-state index contributed by atoms with van der Waals surface area (Å²) in [6.07, 6.45) is 93.8. The van der Waals surface area contributed by atoms with E-state index < -0.39 is 6.10 Å². The lowest BCUT2D eigenvalue weighted by Crippen LogP contribution is -2.30. The van der Waals surface area contributed by atoms with Gasteiger partial charge in [-0.3, -0.25) is 14.4 Å². The molecule has 0 bridgehead atoms. The molecule has 0 aromatic carbocycles. The molecule has 6 heteroatoms. The van der Waals surface area contributed by atoms with Crippen LogP contribution < -0.4 is 0 Å². The molecular weight excluding hydrogens is 961 g/mol. The highest BCUT2D eigenvalue weighted by atomic mass is 16.6. The molecule has 0 aliphatic carbocycles. The molecule has 0 radical (unpaired) electrons. The van der Waals surface area contributed by atoms with Crippen molar-refractivity contribution in [1.82, 2.24) is 0 Å². The number of carbonyl (C=O) groups is 3. The van der Waals surface area contributed by atoms with E-state index in [0.29, 0.717) is 19.3 Å². The first-order valence-corrected chi connectivity index (χ1v) is 31.5. The van der Waals surface area contributed by atoms with Crippen LogP contribution in [0.5, 0.6) is 0 Å². The molecule has 0 amide bonds. The van der Waals surface area contributed by atoms with Crippen LogP contribution in [-0.2, 0) is 28.6 Å². The Morgan fingerprint density at radius 3 is 0.846 bits per heavy atom. The summed E-state index contributed by atoms with van der Waals surface area (Å²) in [4.78, 5) is 38.3. The van der Waals surface area contributed by atoms with Crippen molar-refractivity contribution in [3.63, 3.8) is 0 Å². The maximum atomic E-state index is 12.9. The molecule has 0 aliphatic heterocycles. The molecule has 1 atom stereocenters. The van der Waals surface area contributed by atoms with Gasteiger partial charge in [-0.25, -0.2) is 0 Å². The molecule has 0 aliphatic rings. The Hall–Kier alpha value is -4.97. The smallest absolute Gasteiger partial charge is 0.306 e. The Kier molecular flexibility index (Phi) is 60.4. The number of rotatable bonds is 55. The average molecular weight is 1080 g/mol. The minimum Gasteiger partial charge on any atom is -0.462 e. The standard InChI is InChI=1S/C72H114O6/c1-4-7-10-13-16-19-22-25-28-30-32-34-36-38-40-42-44-47-50-53-56-59-62-65-71(74)77-68-69(67-76-70(73)64-61-58-55-52-49-46-27-24-21-18-15-12-9-6-3)78-72(75)66-63-60-57-54-51-48-45-43-41-39-37-35-33-31-29-26-23-20-17-14-11-8-5-2/h7-8,10-11,16-17,19-20,24-29,32-35,38-41,44,47,53,56,69H,4-6,9,12-15,18,21-23,30-31,36-37,42-43,45-46,48-52,54-55,57-68H2,1-3H3/b10-7-,11-8-,19-16-,20-17-,27-24-,28-25-,29-26-,34-32-,35-33-,40-38-,41-39-,47-44-,56-53-. The van der Waals surface area contributed by atoms with Crippen LogP contribution in [0.25, 0.3) is 0 Å². The van der Waals surface area contributed by atoms with Gasteiger partial charge >= 0.3 is 17.9 Å². The Morgan fingerprint density at radius 1 is 0.269 bits per heavy atom. The van der Waals surface area contributed by atoms with Crippen molar-refractivity contribution in [3.05, 3.63) is 158 Å². The second kappa shape index (κ2) is 64.6. The Labute approximate surface area is 480 Å². The van der Waals surface area contributed by atoms with Crippen molar-refractivity contribution in [2.75, 3.05) is 13.2 Å². The van der Waals surface area contributed by atoms with E-state index >= 15 is 0 Å². The summed E-state index contributed by atoms with van der Waals surface area (Å²) in [6.45, 7) is 6.33. The van der Waals surface area contributed by atoms with Crippen LogP contribution in [0, 0.1) is 0 Å². The highest BCUT2D eigenvalue weighted by Crippen LogP contribution is 2.14. The van der Waals surface area contributed by atoms with Crippen LogP contribution in [-0.4, -0.2) is 37.2 Å². The van der Waals surface area contributed by atoms with E-state index in [2.05, 4.69) is 179 Å². The first-order chi connectivity index (χ1) is 38.5. The van der Waals surface area contributed by atoms with Gasteiger partial charge in [-0.2, -0.15) is 0 Å². The summed E-state index contributed by atoms with van der Waals surface area (Å²) < 4.78 is 16.9. The predicted octanol–water partition coefficient (Wildman–Crippen LogP) is 21.7. The minimum absolute atomic E-state index is 0.111. The van der Waals surface area contributed by atoms with Crippen LogP contribution in [0.4, 0.5) is 0 Å². The van der Waals surface area contributed by atoms with Crippen molar-refractivity contribution in [1.29, 1.82) is 0 Å². The van der Waals surface area contributed by atoms with E-state index in [4.69, 9.17) is 14.2 Å². The highest BCUT2D eigenvalue weighted by Gasteiger charge is 2.19. The minimum atomic E-state index is -0.820. The third-order valence-corrected chi connectivity index (χ3v) is 12.7. The molecule has 0 saturated heterocycles. The average Bonchev–Trinajstić information content (AvgIpc) is 3.44. The molecule has 0 rings (SSSR count). The van der Waals surface area contributed by atoms with Gasteiger partial charge in [0.25, 0.3) is 0 Å². The third-order valence-electron chi connectivity index (χ3n) is 12.7. The summed E-state index contributed by atoms with van der Waals surface area (Å²) >= 11 is 0. The second-order valence-electron chi connectivity index (χ2n) is 20.2. The Morgan fingerprint density at radius 2 is 0.513 bits per heavy atom. The summed E-state index contributed by atoms with van der Waals surface area (Å²) in [7, 11) is 0. The monoisotopic (exact) mass is 1070 g/mol. The van der Waals surface area contributed by atoms with Gasteiger partial charge in [-0.05, 0) is 141 Å². The fraction of sp³-hybridized carbons (Fsp3) is 0.597. The van der Waals surface area contributed by atoms with Crippen LogP contribution >= 0.6 is 0 Å². The highest BCUT2D eigenvalue weighted by molar-refractivity contribution is 5.71. The van der Waals surface area contributed by atoms with Crippen molar-refractivity contribution < 1.29 is 28.6 Å². The van der Waals surface area contributed by atoms with Gasteiger partial charge in [0.2, 0.25) is 0 Å². The largest absolute Gasteiger partial charge is 0.462 e. The van der Waals surface area contributed by atoms with E-state index in [0.717, 1.165) is 148 Å². The number of hydrogen-bond acceptors (Lipinski definition) is 6. The molecule has 0 aromatic heterocycles. The van der Waals surface area contributed by atoms with Gasteiger partial charge in [-0.15, -0.1) is 0 Å². The van der Waals surface area contributed by atoms with Crippen molar-refractivity contribution in [2.24, 2.45) is 0 Å². The summed E-state index contributed by atoms with van der Waals surface area (Å²) in [5.74, 6) is -0.996. The molecule has 6 nitrogen and oxygen atoms in total. The summed E-state index contributed by atoms with van der Waals surface area (Å²) in [6, 6.07) is 0. The van der Waals surface area contributed by atoms with Gasteiger partial charge in [0.1, 0.15) is 13.2 Å². The van der Waals surface area contributed by atoms with E-state index in [9.17, 15) is 14.4 Å². The predicted molar refractivity (Wildman–Crippen MR) is 338 cm³/mol. The van der Waals surface area contributed by atoms with E-state index in [-0.39, 0.29) is 37.5 Å². The molecular formula is C72H114O6. The maximum Gasteiger partial charge on any atom is 0.306 e. The van der Waals surface area contributed by atoms with Gasteiger partial charge in [0.05, 0.1) is 0 Å². The Balaban J connectivity index is 4.52. The SMILES string of the molecule is CC/C=C\C/C=C\C/C=C\C/C=C\C/C=C\C/C=C\C/C=C\CCCC(=O)OCC(COC(=O)CCCCCCC/C=C\CCCCCCC)OC(=O)CCCCCCCCC/C=C\C/C=C\C/C=C\C/C=C\C/C=C\CC. The van der Waals surface area contributed by atoms with Crippen molar-refractivity contribution in [3.8, 4) is 0 Å². The number of esters is 3. The molecule has 438 valence electrons. The number of hydrogen-bond donors (Lipinski definition) is 0. The van der Waals surface area contributed by atoms with Crippen molar-refractivity contribution >= 4 is 17.9 Å². The van der Waals surface area contributed by atoms with Gasteiger partial charge in [-0.1, -0.05) is 256 Å². The normalized spacial score (nSPS) is 13.2. The molecule has 1 unspecified atom stereocenters. The molecule has 78 heavy (non-hydrogen) atoms. The lowest BCUT2D eigenvalue weighted by atomic mass is 10.1. The quantitative estimate of drug-likeness (QED) is 0.0261. The van der Waals surface area contributed by atoms with Gasteiger partial charge in [0, 0.05) is 19.3 Å². The van der Waals surface area contributed by atoms with Crippen LogP contribution in [0.15, 0.2) is 158 Å². The number of allylic oxidation sites excluding steroid dienone is 26. The number of unbranched alkanes of at least 4 members (excludes halogenated alkanes) is 18. The molecule has 0 saturated carbocycles. The second-order valence-corrected chi connectivity index (χ2v) is 20.2. The van der Waals surface area contributed by atoms with Crippen LogP contribution in [0.2, 0.25) is 0 Å². The molecule has 0 spiro atoms. The molecule has 0 fully saturated rings. The lowest BCUT2D eigenvalue weighted by molar-refractivity contribution is -0.167. The lowest BCUT2D eigenvalue weighted by Gasteiger charge is -2.18. The van der Waals surface area contributed by atoms with Gasteiger partial charge < -0.3 is 14.2 Å². The van der Waals surface area contributed by atoms with Crippen molar-refractivity contribution in [2.45, 2.75) is 264 Å². The topological polar surface area (TPSA) is 78.9 Å². The maximum absolute atomic E-state index is 12.9. The van der Waals surface area contributed by atoms with Crippen LogP contribution in [0.1, 0.15) is 258 Å². The molecule has 0 heterocycles. The van der Waals surface area contributed by atoms with E-state index in [1.54, 1.807) is 0 Å². The first-order valence-electron chi connectivity index (χ1n) is 31.5. The third kappa shape index (κ3) is 61.9. The zero-order chi connectivity index (χ0) is 56.4. The zero-order valence-electron chi connectivity index (χ0n) is 50.1.